The maximum absolute atomic E-state index is 13.2. The van der Waals surface area contributed by atoms with Crippen molar-refractivity contribution in [2.75, 3.05) is 29.7 Å². The van der Waals surface area contributed by atoms with Crippen molar-refractivity contribution in [2.24, 2.45) is 0 Å². The van der Waals surface area contributed by atoms with Crippen LogP contribution in [0, 0.1) is 13.8 Å². The number of nitrogens with zero attached hydrogens (tertiary/aromatic N) is 3. The predicted octanol–water partition coefficient (Wildman–Crippen LogP) is 3.78. The molecule has 2 N–H and O–H groups in total. The molecule has 2 aliphatic heterocycles. The van der Waals surface area contributed by atoms with Crippen LogP contribution in [0.25, 0.3) is 11.3 Å². The lowest BCUT2D eigenvalue weighted by Crippen LogP contribution is -2.44. The van der Waals surface area contributed by atoms with Crippen molar-refractivity contribution in [3.63, 3.8) is 0 Å². The van der Waals surface area contributed by atoms with E-state index in [4.69, 9.17) is 4.74 Å². The van der Waals surface area contributed by atoms with E-state index in [2.05, 4.69) is 20.0 Å². The molecule has 1 saturated heterocycles. The zero-order valence-electron chi connectivity index (χ0n) is 20.0. The molecule has 1 aromatic heterocycles. The molecule has 36 heavy (non-hydrogen) atoms. The number of carbonyl (C=O) groups excluding carboxylic acids is 1. The molecular weight excluding hydrogens is 502 g/mol. The summed E-state index contributed by atoms with van der Waals surface area (Å²) < 4.78 is 35.1. The van der Waals surface area contributed by atoms with Gasteiger partial charge >= 0.3 is 0 Å². The number of rotatable bonds is 1. The third-order valence-corrected chi connectivity index (χ3v) is 7.54. The molecule has 3 aromatic rings. The van der Waals surface area contributed by atoms with E-state index in [1.54, 1.807) is 18.2 Å². The van der Waals surface area contributed by atoms with E-state index in [0.29, 0.717) is 17.9 Å². The van der Waals surface area contributed by atoms with Crippen LogP contribution in [0.15, 0.2) is 53.4 Å². The number of ether oxygens (including phenoxy) is 1. The van der Waals surface area contributed by atoms with Gasteiger partial charge in [-0.05, 0) is 62.6 Å². The van der Waals surface area contributed by atoms with Crippen LogP contribution >= 0.6 is 12.4 Å². The Morgan fingerprint density at radius 3 is 2.58 bits per heavy atom. The van der Waals surface area contributed by atoms with Crippen LogP contribution in [0.3, 0.4) is 0 Å². The minimum absolute atomic E-state index is 0. The maximum Gasteiger partial charge on any atom is 0.264 e. The molecule has 0 spiro atoms. The van der Waals surface area contributed by atoms with Gasteiger partial charge in [-0.15, -0.1) is 12.4 Å². The van der Waals surface area contributed by atoms with Crippen LogP contribution in [0.1, 0.15) is 24.0 Å². The minimum Gasteiger partial charge on any atom is -0.473 e. The first-order valence-electron chi connectivity index (χ1n) is 11.5. The minimum atomic E-state index is -4.02. The third kappa shape index (κ3) is 5.61. The maximum atomic E-state index is 13.2. The molecule has 6 bridgehead atoms. The topological polar surface area (TPSA) is 114 Å². The molecule has 3 heterocycles. The van der Waals surface area contributed by atoms with Crippen molar-refractivity contribution in [3.8, 4) is 17.1 Å². The molecule has 0 radical (unpaired) electrons. The number of piperidine rings is 1. The average molecular weight is 530 g/mol. The van der Waals surface area contributed by atoms with Gasteiger partial charge in [0.1, 0.15) is 6.10 Å². The van der Waals surface area contributed by atoms with Gasteiger partial charge in [-0.3, -0.25) is 9.69 Å². The summed E-state index contributed by atoms with van der Waals surface area (Å²) in [7, 11) is -4.02. The molecule has 0 saturated carbocycles. The monoisotopic (exact) mass is 529 g/mol. The number of carbonyl (C=O) groups is 1. The number of fused-ring (bicyclic) bond motifs is 6. The zero-order valence-corrected chi connectivity index (χ0v) is 21.7. The highest BCUT2D eigenvalue weighted by Gasteiger charge is 2.26. The summed E-state index contributed by atoms with van der Waals surface area (Å²) in [6.07, 6.45) is 1.50. The number of amides is 1. The van der Waals surface area contributed by atoms with Crippen molar-refractivity contribution < 1.29 is 17.9 Å². The highest BCUT2D eigenvalue weighted by atomic mass is 35.5. The van der Waals surface area contributed by atoms with Crippen LogP contribution in [0.4, 0.5) is 11.6 Å². The van der Waals surface area contributed by atoms with Gasteiger partial charge in [0.25, 0.3) is 10.0 Å². The Morgan fingerprint density at radius 2 is 1.81 bits per heavy atom. The number of sulfonamides is 1. The van der Waals surface area contributed by atoms with E-state index >= 15 is 0 Å². The summed E-state index contributed by atoms with van der Waals surface area (Å²) in [5.74, 6) is 0.00750. The van der Waals surface area contributed by atoms with Crippen LogP contribution in [-0.2, 0) is 14.8 Å². The third-order valence-electron chi connectivity index (χ3n) is 6.21. The van der Waals surface area contributed by atoms with E-state index in [1.165, 1.54) is 12.1 Å². The smallest absolute Gasteiger partial charge is 0.264 e. The Kier molecular flexibility index (Phi) is 7.49. The van der Waals surface area contributed by atoms with Crippen LogP contribution in [0.2, 0.25) is 0 Å². The molecule has 190 valence electrons. The largest absolute Gasteiger partial charge is 0.473 e. The number of nitrogens with one attached hydrogen (secondary N) is 2. The van der Waals surface area contributed by atoms with Crippen molar-refractivity contribution in [1.29, 1.82) is 0 Å². The summed E-state index contributed by atoms with van der Waals surface area (Å²) in [5.41, 5.74) is 3.90. The van der Waals surface area contributed by atoms with E-state index in [9.17, 15) is 13.2 Å². The van der Waals surface area contributed by atoms with Gasteiger partial charge in [0.15, 0.2) is 0 Å². The van der Waals surface area contributed by atoms with Crippen LogP contribution in [-0.4, -0.2) is 54.9 Å². The number of benzene rings is 2. The number of hydrogen-bond donors (Lipinski definition) is 2. The van der Waals surface area contributed by atoms with Gasteiger partial charge < -0.3 is 10.1 Å². The van der Waals surface area contributed by atoms with Crippen LogP contribution in [0.5, 0.6) is 5.88 Å². The first-order chi connectivity index (χ1) is 16.8. The number of anilines is 2. The van der Waals surface area contributed by atoms with Gasteiger partial charge in [0, 0.05) is 23.9 Å². The van der Waals surface area contributed by atoms with Crippen molar-refractivity contribution >= 4 is 40.0 Å². The average Bonchev–Trinajstić information content (AvgIpc) is 2.78. The van der Waals surface area contributed by atoms with Crippen LogP contribution < -0.4 is 14.8 Å². The summed E-state index contributed by atoms with van der Waals surface area (Å²) in [6, 6.07) is 13.8. The predicted molar refractivity (Wildman–Crippen MR) is 140 cm³/mol. The van der Waals surface area contributed by atoms with E-state index in [0.717, 1.165) is 36.1 Å². The molecule has 0 aliphatic carbocycles. The van der Waals surface area contributed by atoms with Gasteiger partial charge in [-0.25, -0.2) is 18.1 Å². The summed E-state index contributed by atoms with van der Waals surface area (Å²) in [5, 5.41) is 2.80. The number of aryl methyl sites for hydroxylation is 2. The molecule has 1 amide bonds. The highest BCUT2D eigenvalue weighted by Crippen LogP contribution is 2.30. The molecule has 1 fully saturated rings. The van der Waals surface area contributed by atoms with Crippen molar-refractivity contribution in [2.45, 2.75) is 37.7 Å². The molecule has 2 aliphatic rings. The lowest BCUT2D eigenvalue weighted by atomic mass is 10.00. The summed E-state index contributed by atoms with van der Waals surface area (Å²) in [6.45, 7) is 5.51. The van der Waals surface area contributed by atoms with Crippen molar-refractivity contribution in [3.05, 3.63) is 59.7 Å². The standard InChI is InChI=1S/C25H27N5O4S.ClH/c1-16-6-3-7-17(2)24(16)21-13-23-28-25(27-21)29-35(32,33)20-10-4-8-18(12-20)26-22(31)15-30-11-5-9-19(14-30)34-23;/h3-4,6-8,10,12-13,19H,5,9,11,14-15H2,1-2H3,(H,26,31)(H,27,28,29);1H. The van der Waals surface area contributed by atoms with Gasteiger partial charge in [-0.2, -0.15) is 4.98 Å². The van der Waals surface area contributed by atoms with Gasteiger partial charge in [-0.1, -0.05) is 24.3 Å². The first kappa shape index (κ1) is 25.9. The Morgan fingerprint density at radius 1 is 1.06 bits per heavy atom. The normalized spacial score (nSPS) is 20.9. The second kappa shape index (κ2) is 10.4. The van der Waals surface area contributed by atoms with E-state index in [1.807, 2.05) is 36.9 Å². The van der Waals surface area contributed by atoms with Gasteiger partial charge in [0.05, 0.1) is 17.1 Å². The quantitative estimate of drug-likeness (QED) is 0.493. The van der Waals surface area contributed by atoms with Gasteiger partial charge in [0.2, 0.25) is 17.7 Å². The summed E-state index contributed by atoms with van der Waals surface area (Å²) in [4.78, 5) is 23.6. The lowest BCUT2D eigenvalue weighted by Gasteiger charge is -2.32. The molecule has 2 aromatic carbocycles. The first-order valence-corrected chi connectivity index (χ1v) is 13.0. The zero-order chi connectivity index (χ0) is 24.6. The number of aromatic nitrogens is 2. The fraction of sp³-hybridized carbons (Fsp3) is 0.320. The van der Waals surface area contributed by atoms with E-state index < -0.39 is 10.0 Å². The number of hydrogen-bond acceptors (Lipinski definition) is 7. The Balaban J connectivity index is 0.00000304. The number of halogens is 1. The fourth-order valence-corrected chi connectivity index (χ4v) is 5.61. The molecule has 11 heteroatoms. The lowest BCUT2D eigenvalue weighted by molar-refractivity contribution is -0.117. The summed E-state index contributed by atoms with van der Waals surface area (Å²) >= 11 is 0. The van der Waals surface area contributed by atoms with E-state index in [-0.39, 0.29) is 47.7 Å². The Hall–Kier alpha value is -3.21. The molecule has 9 nitrogen and oxygen atoms in total. The Labute approximate surface area is 216 Å². The highest BCUT2D eigenvalue weighted by molar-refractivity contribution is 7.92. The fourth-order valence-electron chi connectivity index (χ4n) is 4.62. The second-order valence-electron chi connectivity index (χ2n) is 8.98. The van der Waals surface area contributed by atoms with Crippen molar-refractivity contribution in [1.82, 2.24) is 14.9 Å². The second-order valence-corrected chi connectivity index (χ2v) is 10.7. The molecule has 2 unspecified atom stereocenters. The SMILES string of the molecule is Cc1cccc(C)c1-c1cc2nc(n1)NS(=O)(=O)c1cccc(c1)NC(=O)CN1CCCC(C1)O2.Cl. The molecule has 5 rings (SSSR count). The Bertz CT molecular complexity index is 1380. The molecular formula is C25H28ClN5O4S. The molecule has 2 atom stereocenters.